The molecule has 1 aromatic rings. The Morgan fingerprint density at radius 2 is 1.94 bits per heavy atom. The number of allylic oxidation sites excluding steroid dienone is 1. The second kappa shape index (κ2) is 6.50. The Kier molecular flexibility index (Phi) is 5.29. The van der Waals surface area contributed by atoms with Crippen LogP contribution < -0.4 is 0 Å². The van der Waals surface area contributed by atoms with Crippen LogP contribution in [0, 0.1) is 13.8 Å². The summed E-state index contributed by atoms with van der Waals surface area (Å²) in [6.45, 7) is 5.37. The highest BCUT2D eigenvalue weighted by atomic mass is 32.2. The molecule has 17 heavy (non-hydrogen) atoms. The molecular weight excluding hydrogens is 232 g/mol. The van der Waals surface area contributed by atoms with Gasteiger partial charge in [0, 0.05) is 12.7 Å². The number of aromatic hydroxyl groups is 1. The lowest BCUT2D eigenvalue weighted by atomic mass is 10.1. The lowest BCUT2D eigenvalue weighted by Crippen LogP contribution is -1.85. The van der Waals surface area contributed by atoms with Crippen molar-refractivity contribution in [3.8, 4) is 5.75 Å². The molecule has 0 atom stereocenters. The molecule has 0 spiro atoms. The quantitative estimate of drug-likeness (QED) is 0.828. The van der Waals surface area contributed by atoms with Gasteiger partial charge in [0.1, 0.15) is 5.75 Å². The van der Waals surface area contributed by atoms with Crippen LogP contribution in [0.3, 0.4) is 0 Å². The van der Waals surface area contributed by atoms with Gasteiger partial charge in [0.25, 0.3) is 0 Å². The van der Waals surface area contributed by atoms with Crippen LogP contribution in [0.1, 0.15) is 30.0 Å². The maximum absolute atomic E-state index is 10.7. The van der Waals surface area contributed by atoms with Gasteiger partial charge in [-0.15, -0.1) is 0 Å². The van der Waals surface area contributed by atoms with E-state index in [1.54, 1.807) is 6.92 Å². The summed E-state index contributed by atoms with van der Waals surface area (Å²) in [7, 11) is 0. The van der Waals surface area contributed by atoms with Crippen molar-refractivity contribution in [2.24, 2.45) is 0 Å². The van der Waals surface area contributed by atoms with Gasteiger partial charge in [0.2, 0.25) is 0 Å². The van der Waals surface area contributed by atoms with Gasteiger partial charge in [-0.1, -0.05) is 23.9 Å². The van der Waals surface area contributed by atoms with E-state index >= 15 is 0 Å². The Morgan fingerprint density at radius 3 is 2.47 bits per heavy atom. The third kappa shape index (κ3) is 4.65. The zero-order chi connectivity index (χ0) is 12.8. The number of hydrogen-bond acceptors (Lipinski definition) is 3. The van der Waals surface area contributed by atoms with Crippen molar-refractivity contribution in [3.63, 3.8) is 0 Å². The Balaban J connectivity index is 2.57. The molecule has 0 fully saturated rings. The first kappa shape index (κ1) is 13.8. The predicted octanol–water partition coefficient (Wildman–Crippen LogP) is 3.69. The number of hydrogen-bond donors (Lipinski definition) is 1. The van der Waals surface area contributed by atoms with E-state index in [0.717, 1.165) is 28.9 Å². The smallest absolute Gasteiger partial charge is 0.185 e. The SMILES string of the molecule is CC(=O)SCCC=Cc1cc(C)c(O)c(C)c1. The highest BCUT2D eigenvalue weighted by Gasteiger charge is 2.00. The fourth-order valence-corrected chi connectivity index (χ4v) is 2.12. The van der Waals surface area contributed by atoms with E-state index in [4.69, 9.17) is 0 Å². The van der Waals surface area contributed by atoms with E-state index < -0.39 is 0 Å². The summed E-state index contributed by atoms with van der Waals surface area (Å²) in [5.41, 5.74) is 2.87. The zero-order valence-electron chi connectivity index (χ0n) is 10.5. The van der Waals surface area contributed by atoms with Gasteiger partial charge < -0.3 is 5.11 Å². The monoisotopic (exact) mass is 250 g/mol. The van der Waals surface area contributed by atoms with Crippen molar-refractivity contribution in [3.05, 3.63) is 34.9 Å². The molecule has 1 N–H and O–H groups in total. The van der Waals surface area contributed by atoms with Gasteiger partial charge >= 0.3 is 0 Å². The molecule has 0 radical (unpaired) electrons. The largest absolute Gasteiger partial charge is 0.507 e. The number of phenolic OH excluding ortho intramolecular Hbond substituents is 1. The third-order valence-electron chi connectivity index (χ3n) is 2.41. The Labute approximate surface area is 107 Å². The molecule has 0 amide bonds. The van der Waals surface area contributed by atoms with E-state index in [9.17, 15) is 9.90 Å². The molecule has 0 saturated carbocycles. The number of carbonyl (C=O) groups excluding carboxylic acids is 1. The zero-order valence-corrected chi connectivity index (χ0v) is 11.3. The van der Waals surface area contributed by atoms with Crippen molar-refractivity contribution in [1.29, 1.82) is 0 Å². The van der Waals surface area contributed by atoms with Gasteiger partial charge in [0.15, 0.2) is 5.12 Å². The summed E-state index contributed by atoms with van der Waals surface area (Å²) >= 11 is 1.35. The van der Waals surface area contributed by atoms with Gasteiger partial charge in [0.05, 0.1) is 0 Å². The minimum Gasteiger partial charge on any atom is -0.507 e. The number of benzene rings is 1. The number of aryl methyl sites for hydroxylation is 2. The summed E-state index contributed by atoms with van der Waals surface area (Å²) in [6.07, 6.45) is 4.96. The van der Waals surface area contributed by atoms with Crippen LogP contribution in [0.25, 0.3) is 6.08 Å². The summed E-state index contributed by atoms with van der Waals surface area (Å²) in [5.74, 6) is 1.19. The molecule has 3 heteroatoms. The second-order valence-electron chi connectivity index (χ2n) is 4.03. The summed E-state index contributed by atoms with van der Waals surface area (Å²) in [4.78, 5) is 10.7. The molecule has 0 aromatic heterocycles. The van der Waals surface area contributed by atoms with Crippen LogP contribution in [0.5, 0.6) is 5.75 Å². The Morgan fingerprint density at radius 1 is 1.35 bits per heavy atom. The number of carbonyl (C=O) groups is 1. The second-order valence-corrected chi connectivity index (χ2v) is 5.31. The molecule has 0 aliphatic rings. The number of rotatable bonds is 4. The summed E-state index contributed by atoms with van der Waals surface area (Å²) in [6, 6.07) is 3.91. The molecule has 0 saturated heterocycles. The first-order valence-electron chi connectivity index (χ1n) is 5.61. The van der Waals surface area contributed by atoms with Crippen LogP contribution >= 0.6 is 11.8 Å². The van der Waals surface area contributed by atoms with Crippen molar-refractivity contribution < 1.29 is 9.90 Å². The maximum atomic E-state index is 10.7. The average molecular weight is 250 g/mol. The molecule has 0 aliphatic heterocycles. The molecule has 92 valence electrons. The van der Waals surface area contributed by atoms with Crippen LogP contribution in [-0.4, -0.2) is 16.0 Å². The third-order valence-corrected chi connectivity index (χ3v) is 3.26. The Bertz CT molecular complexity index is 413. The maximum Gasteiger partial charge on any atom is 0.185 e. The van der Waals surface area contributed by atoms with E-state index in [0.29, 0.717) is 5.75 Å². The van der Waals surface area contributed by atoms with Crippen LogP contribution in [0.4, 0.5) is 0 Å². The average Bonchev–Trinajstić information content (AvgIpc) is 2.25. The normalized spacial score (nSPS) is 11.0. The van der Waals surface area contributed by atoms with Crippen molar-refractivity contribution in [2.45, 2.75) is 27.2 Å². The molecular formula is C14H18O2S. The van der Waals surface area contributed by atoms with E-state index in [-0.39, 0.29) is 5.12 Å². The van der Waals surface area contributed by atoms with Gasteiger partial charge in [-0.2, -0.15) is 0 Å². The van der Waals surface area contributed by atoms with Crippen LogP contribution in [-0.2, 0) is 4.79 Å². The molecule has 2 nitrogen and oxygen atoms in total. The first-order chi connectivity index (χ1) is 8.00. The fraction of sp³-hybridized carbons (Fsp3) is 0.357. The van der Waals surface area contributed by atoms with E-state index in [1.807, 2.05) is 32.1 Å². The molecule has 0 aliphatic carbocycles. The van der Waals surface area contributed by atoms with Crippen LogP contribution in [0.2, 0.25) is 0 Å². The van der Waals surface area contributed by atoms with Gasteiger partial charge in [-0.25, -0.2) is 0 Å². The molecule has 0 heterocycles. The summed E-state index contributed by atoms with van der Waals surface area (Å²) in [5, 5.41) is 9.80. The highest BCUT2D eigenvalue weighted by molar-refractivity contribution is 8.13. The number of phenols is 1. The molecule has 0 bridgehead atoms. The van der Waals surface area contributed by atoms with Gasteiger partial charge in [-0.05, 0) is 49.1 Å². The van der Waals surface area contributed by atoms with Crippen LogP contribution in [0.15, 0.2) is 18.2 Å². The lowest BCUT2D eigenvalue weighted by Gasteiger charge is -2.04. The van der Waals surface area contributed by atoms with Crippen molar-refractivity contribution >= 4 is 23.0 Å². The Hall–Kier alpha value is -1.22. The predicted molar refractivity (Wildman–Crippen MR) is 74.4 cm³/mol. The molecule has 1 aromatic carbocycles. The van der Waals surface area contributed by atoms with E-state index in [2.05, 4.69) is 6.08 Å². The van der Waals surface area contributed by atoms with Crippen molar-refractivity contribution in [2.75, 3.05) is 5.75 Å². The standard InChI is InChI=1S/C14H18O2S/c1-10-8-13(9-11(2)14(10)16)6-4-5-7-17-12(3)15/h4,6,8-9,16H,5,7H2,1-3H3. The highest BCUT2D eigenvalue weighted by Crippen LogP contribution is 2.23. The van der Waals surface area contributed by atoms with Gasteiger partial charge in [-0.3, -0.25) is 4.79 Å². The van der Waals surface area contributed by atoms with E-state index in [1.165, 1.54) is 11.8 Å². The fourth-order valence-electron chi connectivity index (χ4n) is 1.58. The minimum atomic E-state index is 0.162. The first-order valence-corrected chi connectivity index (χ1v) is 6.59. The minimum absolute atomic E-state index is 0.162. The molecule has 1 rings (SSSR count). The lowest BCUT2D eigenvalue weighted by molar-refractivity contribution is -0.109. The van der Waals surface area contributed by atoms with Crippen molar-refractivity contribution in [1.82, 2.24) is 0 Å². The topological polar surface area (TPSA) is 37.3 Å². The number of thioether (sulfide) groups is 1. The molecule has 0 unspecified atom stereocenters. The summed E-state index contributed by atoms with van der Waals surface area (Å²) < 4.78 is 0.